The van der Waals surface area contributed by atoms with Gasteiger partial charge in [-0.1, -0.05) is 36.4 Å². The molecule has 1 saturated heterocycles. The zero-order valence-corrected chi connectivity index (χ0v) is 19.5. The molecule has 6 rings (SSSR count). The fourth-order valence-electron chi connectivity index (χ4n) is 4.83. The van der Waals surface area contributed by atoms with Gasteiger partial charge in [-0.2, -0.15) is 0 Å². The monoisotopic (exact) mass is 484 g/mol. The van der Waals surface area contributed by atoms with Gasteiger partial charge in [-0.25, -0.2) is 18.2 Å². The molecule has 36 heavy (non-hydrogen) atoms. The fourth-order valence-corrected chi connectivity index (χ4v) is 4.83. The second-order valence-electron chi connectivity index (χ2n) is 8.86. The predicted octanol–water partition coefficient (Wildman–Crippen LogP) is 4.57. The quantitative estimate of drug-likeness (QED) is 0.375. The van der Waals surface area contributed by atoms with Crippen LogP contribution in [0.25, 0.3) is 27.9 Å². The number of piperazine rings is 1. The number of hydrogen-bond acceptors (Lipinski definition) is 5. The summed E-state index contributed by atoms with van der Waals surface area (Å²) in [7, 11) is 0. The molecule has 0 bridgehead atoms. The molecule has 1 aliphatic heterocycles. The van der Waals surface area contributed by atoms with Gasteiger partial charge < -0.3 is 9.80 Å². The van der Waals surface area contributed by atoms with Gasteiger partial charge in [-0.3, -0.25) is 4.79 Å². The van der Waals surface area contributed by atoms with E-state index >= 15 is 0 Å². The highest BCUT2D eigenvalue weighted by Crippen LogP contribution is 2.30. The summed E-state index contributed by atoms with van der Waals surface area (Å²) >= 11 is 0. The lowest BCUT2D eigenvalue weighted by Gasteiger charge is -2.40. The second kappa shape index (κ2) is 8.67. The molecule has 0 aliphatic carbocycles. The standard InChI is InChI=1S/C27H22F2N6O/c1-17-16-33(14-15-34(17)26(36)19-9-3-6-12-22(19)29)27-30-23-13-7-4-10-20(23)25-32-31-24(35(25)27)18-8-2-5-11-21(18)28/h2-13,17H,14-16H2,1H3/t17-/m0/s1. The first-order valence-corrected chi connectivity index (χ1v) is 11.7. The minimum atomic E-state index is -0.533. The largest absolute Gasteiger partial charge is 0.338 e. The summed E-state index contributed by atoms with van der Waals surface area (Å²) in [4.78, 5) is 21.7. The molecule has 0 radical (unpaired) electrons. The highest BCUT2D eigenvalue weighted by Gasteiger charge is 2.32. The van der Waals surface area contributed by atoms with Crippen molar-refractivity contribution in [2.45, 2.75) is 13.0 Å². The van der Waals surface area contributed by atoms with E-state index < -0.39 is 11.6 Å². The minimum absolute atomic E-state index is 0.0599. The molecule has 1 fully saturated rings. The third-order valence-corrected chi connectivity index (χ3v) is 6.62. The number of amides is 1. The van der Waals surface area contributed by atoms with Crippen LogP contribution in [0, 0.1) is 11.6 Å². The van der Waals surface area contributed by atoms with Crippen LogP contribution in [0.15, 0.2) is 72.8 Å². The summed E-state index contributed by atoms with van der Waals surface area (Å²) in [5.74, 6) is -0.354. The average Bonchev–Trinajstić information content (AvgIpc) is 3.34. The Bertz CT molecular complexity index is 1620. The first-order chi connectivity index (χ1) is 17.5. The van der Waals surface area contributed by atoms with Crippen molar-refractivity contribution in [1.82, 2.24) is 24.5 Å². The third kappa shape index (κ3) is 3.55. The highest BCUT2D eigenvalue weighted by molar-refractivity contribution is 5.95. The van der Waals surface area contributed by atoms with E-state index in [1.165, 1.54) is 18.2 Å². The van der Waals surface area contributed by atoms with E-state index in [0.717, 1.165) is 10.9 Å². The number of rotatable bonds is 3. The molecule has 0 saturated carbocycles. The predicted molar refractivity (Wildman–Crippen MR) is 133 cm³/mol. The van der Waals surface area contributed by atoms with Crippen LogP contribution in [0.1, 0.15) is 17.3 Å². The molecule has 2 aromatic heterocycles. The summed E-state index contributed by atoms with van der Waals surface area (Å²) < 4.78 is 30.8. The molecule has 0 spiro atoms. The van der Waals surface area contributed by atoms with E-state index in [4.69, 9.17) is 4.98 Å². The van der Waals surface area contributed by atoms with Gasteiger partial charge in [0, 0.05) is 31.1 Å². The van der Waals surface area contributed by atoms with Crippen molar-refractivity contribution in [1.29, 1.82) is 0 Å². The Balaban J connectivity index is 1.43. The van der Waals surface area contributed by atoms with E-state index in [1.54, 1.807) is 39.6 Å². The van der Waals surface area contributed by atoms with E-state index in [-0.39, 0.29) is 17.5 Å². The normalized spacial score (nSPS) is 16.1. The maximum Gasteiger partial charge on any atom is 0.257 e. The Hall–Kier alpha value is -4.40. The molecule has 5 aromatic rings. The lowest BCUT2D eigenvalue weighted by atomic mass is 10.1. The Morgan fingerprint density at radius 3 is 2.39 bits per heavy atom. The van der Waals surface area contributed by atoms with Crippen molar-refractivity contribution >= 4 is 28.4 Å². The average molecular weight is 485 g/mol. The zero-order chi connectivity index (χ0) is 24.8. The van der Waals surface area contributed by atoms with E-state index in [1.807, 2.05) is 36.1 Å². The molecular formula is C27H22F2N6O. The molecule has 1 aliphatic rings. The summed E-state index contributed by atoms with van der Waals surface area (Å²) in [6.45, 7) is 3.21. The Labute approximate surface area is 205 Å². The maximum atomic E-state index is 14.8. The van der Waals surface area contributed by atoms with Gasteiger partial charge >= 0.3 is 0 Å². The van der Waals surface area contributed by atoms with Crippen LogP contribution in [0.4, 0.5) is 14.7 Å². The minimum Gasteiger partial charge on any atom is -0.338 e. The molecule has 180 valence electrons. The first-order valence-electron chi connectivity index (χ1n) is 11.7. The van der Waals surface area contributed by atoms with Crippen molar-refractivity contribution in [2.24, 2.45) is 0 Å². The second-order valence-corrected chi connectivity index (χ2v) is 8.86. The molecule has 3 aromatic carbocycles. The molecule has 0 N–H and O–H groups in total. The summed E-state index contributed by atoms with van der Waals surface area (Å²) in [5.41, 5.74) is 1.70. The number of anilines is 1. The summed E-state index contributed by atoms with van der Waals surface area (Å²) in [5, 5.41) is 9.55. The summed E-state index contributed by atoms with van der Waals surface area (Å²) in [6, 6.07) is 19.8. The number of hydrogen-bond donors (Lipinski definition) is 0. The van der Waals surface area contributed by atoms with Gasteiger partial charge in [0.15, 0.2) is 11.5 Å². The third-order valence-electron chi connectivity index (χ3n) is 6.62. The number of para-hydroxylation sites is 1. The first kappa shape index (κ1) is 22.1. The van der Waals surface area contributed by atoms with Gasteiger partial charge in [0.1, 0.15) is 11.6 Å². The molecular weight excluding hydrogens is 462 g/mol. The van der Waals surface area contributed by atoms with E-state index in [2.05, 4.69) is 10.2 Å². The highest BCUT2D eigenvalue weighted by atomic mass is 19.1. The van der Waals surface area contributed by atoms with Crippen LogP contribution in [0.3, 0.4) is 0 Å². The molecule has 7 nitrogen and oxygen atoms in total. The number of carbonyl (C=O) groups excluding carboxylic acids is 1. The number of benzene rings is 3. The SMILES string of the molecule is C[C@H]1CN(c2nc3ccccc3c3nnc(-c4ccccc4F)n23)CCN1C(=O)c1ccccc1F. The number of fused-ring (bicyclic) bond motifs is 3. The molecule has 1 amide bonds. The van der Waals surface area contributed by atoms with Gasteiger partial charge in [0.2, 0.25) is 5.95 Å². The van der Waals surface area contributed by atoms with Crippen molar-refractivity contribution in [3.63, 3.8) is 0 Å². The number of halogens is 2. The molecule has 0 unspecified atom stereocenters. The Morgan fingerprint density at radius 2 is 1.61 bits per heavy atom. The zero-order valence-electron chi connectivity index (χ0n) is 19.5. The lowest BCUT2D eigenvalue weighted by Crippen LogP contribution is -2.54. The van der Waals surface area contributed by atoms with Crippen LogP contribution in [0.5, 0.6) is 0 Å². The summed E-state index contributed by atoms with van der Waals surface area (Å²) in [6.07, 6.45) is 0. The number of nitrogens with zero attached hydrogens (tertiary/aromatic N) is 6. The van der Waals surface area contributed by atoms with Crippen molar-refractivity contribution in [2.75, 3.05) is 24.5 Å². The van der Waals surface area contributed by atoms with Crippen LogP contribution in [-0.4, -0.2) is 56.1 Å². The fraction of sp³-hybridized carbons (Fsp3) is 0.185. The Morgan fingerprint density at radius 1 is 0.889 bits per heavy atom. The topological polar surface area (TPSA) is 66.6 Å². The smallest absolute Gasteiger partial charge is 0.257 e. The van der Waals surface area contributed by atoms with Crippen LogP contribution in [0.2, 0.25) is 0 Å². The Kier molecular flexibility index (Phi) is 5.32. The van der Waals surface area contributed by atoms with E-state index in [9.17, 15) is 13.6 Å². The van der Waals surface area contributed by atoms with Gasteiger partial charge in [0.25, 0.3) is 5.91 Å². The maximum absolute atomic E-state index is 14.8. The number of carbonyl (C=O) groups is 1. The lowest BCUT2D eigenvalue weighted by molar-refractivity contribution is 0.0668. The van der Waals surface area contributed by atoms with Crippen LogP contribution >= 0.6 is 0 Å². The van der Waals surface area contributed by atoms with Gasteiger partial charge in [0.05, 0.1) is 16.6 Å². The van der Waals surface area contributed by atoms with Crippen molar-refractivity contribution < 1.29 is 13.6 Å². The van der Waals surface area contributed by atoms with Crippen molar-refractivity contribution in [3.8, 4) is 11.4 Å². The van der Waals surface area contributed by atoms with Crippen molar-refractivity contribution in [3.05, 3.63) is 90.0 Å². The number of aromatic nitrogens is 4. The van der Waals surface area contributed by atoms with Crippen LogP contribution in [-0.2, 0) is 0 Å². The van der Waals surface area contributed by atoms with Gasteiger partial charge in [-0.15, -0.1) is 10.2 Å². The molecule has 9 heteroatoms. The molecule has 1 atom stereocenters. The van der Waals surface area contributed by atoms with E-state index in [0.29, 0.717) is 42.6 Å². The van der Waals surface area contributed by atoms with Gasteiger partial charge in [-0.05, 0) is 43.3 Å². The van der Waals surface area contributed by atoms with Crippen LogP contribution < -0.4 is 4.90 Å². The molecule has 3 heterocycles.